The zero-order chi connectivity index (χ0) is 13.1. The second kappa shape index (κ2) is 5.23. The van der Waals surface area contributed by atoms with Crippen LogP contribution < -0.4 is 5.32 Å². The molecule has 1 N–H and O–H groups in total. The van der Waals surface area contributed by atoms with Crippen molar-refractivity contribution >= 4 is 21.6 Å². The molecule has 2 aromatic rings. The van der Waals surface area contributed by atoms with Gasteiger partial charge < -0.3 is 5.32 Å². The third-order valence-corrected chi connectivity index (χ3v) is 3.36. The summed E-state index contributed by atoms with van der Waals surface area (Å²) in [5, 5.41) is 16.8. The molecule has 0 radical (unpaired) electrons. The predicted molar refractivity (Wildman–Crippen MR) is 74.1 cm³/mol. The number of hydrogen-bond donors (Lipinski definition) is 1. The van der Waals surface area contributed by atoms with E-state index < -0.39 is 6.04 Å². The Hall–Kier alpha value is -1.80. The highest BCUT2D eigenvalue weighted by atomic mass is 79.9. The topological polar surface area (TPSA) is 53.6 Å². The molecule has 0 amide bonds. The SMILES string of the molecule is Cc1nn(C)cc1C(C#N)Nc1ccccc1Br. The van der Waals surface area contributed by atoms with E-state index >= 15 is 0 Å². The number of nitrogens with one attached hydrogen (secondary N) is 1. The summed E-state index contributed by atoms with van der Waals surface area (Å²) < 4.78 is 2.66. The van der Waals surface area contributed by atoms with Gasteiger partial charge in [-0.1, -0.05) is 12.1 Å². The lowest BCUT2D eigenvalue weighted by molar-refractivity contribution is 0.756. The highest BCUT2D eigenvalue weighted by molar-refractivity contribution is 9.10. The second-order valence-corrected chi connectivity index (χ2v) is 4.88. The first-order valence-electron chi connectivity index (χ1n) is 5.52. The number of para-hydroxylation sites is 1. The zero-order valence-corrected chi connectivity index (χ0v) is 11.8. The Morgan fingerprint density at radius 2 is 2.17 bits per heavy atom. The van der Waals surface area contributed by atoms with E-state index in [-0.39, 0.29) is 0 Å². The van der Waals surface area contributed by atoms with Crippen molar-refractivity contribution in [1.29, 1.82) is 5.26 Å². The van der Waals surface area contributed by atoms with E-state index in [0.29, 0.717) is 0 Å². The van der Waals surface area contributed by atoms with Crippen LogP contribution in [0.4, 0.5) is 5.69 Å². The Balaban J connectivity index is 2.29. The van der Waals surface area contributed by atoms with Crippen molar-refractivity contribution in [1.82, 2.24) is 9.78 Å². The fourth-order valence-corrected chi connectivity index (χ4v) is 2.21. The zero-order valence-electron chi connectivity index (χ0n) is 10.2. The number of aryl methyl sites for hydroxylation is 2. The van der Waals surface area contributed by atoms with Crippen molar-refractivity contribution in [2.24, 2.45) is 7.05 Å². The summed E-state index contributed by atoms with van der Waals surface area (Å²) in [6.45, 7) is 1.90. The number of rotatable bonds is 3. The molecule has 18 heavy (non-hydrogen) atoms. The minimum Gasteiger partial charge on any atom is -0.365 e. The van der Waals surface area contributed by atoms with Crippen LogP contribution in [0, 0.1) is 18.3 Å². The number of anilines is 1. The van der Waals surface area contributed by atoms with Gasteiger partial charge in [-0.05, 0) is 35.0 Å². The van der Waals surface area contributed by atoms with Gasteiger partial charge in [0.05, 0.1) is 11.8 Å². The average molecular weight is 305 g/mol. The fraction of sp³-hybridized carbons (Fsp3) is 0.231. The van der Waals surface area contributed by atoms with E-state index in [1.165, 1.54) is 0 Å². The van der Waals surface area contributed by atoms with Crippen LogP contribution in [0.3, 0.4) is 0 Å². The van der Waals surface area contributed by atoms with Gasteiger partial charge in [0.25, 0.3) is 0 Å². The summed E-state index contributed by atoms with van der Waals surface area (Å²) >= 11 is 3.46. The predicted octanol–water partition coefficient (Wildman–Crippen LogP) is 3.17. The monoisotopic (exact) mass is 304 g/mol. The van der Waals surface area contributed by atoms with Gasteiger partial charge >= 0.3 is 0 Å². The number of nitrogens with zero attached hydrogens (tertiary/aromatic N) is 3. The molecule has 1 unspecified atom stereocenters. The van der Waals surface area contributed by atoms with Gasteiger partial charge in [-0.15, -0.1) is 0 Å². The van der Waals surface area contributed by atoms with Crippen molar-refractivity contribution in [3.63, 3.8) is 0 Å². The lowest BCUT2D eigenvalue weighted by Crippen LogP contribution is -2.09. The van der Waals surface area contributed by atoms with Crippen molar-refractivity contribution in [2.75, 3.05) is 5.32 Å². The van der Waals surface area contributed by atoms with Crippen LogP contribution in [-0.2, 0) is 7.05 Å². The van der Waals surface area contributed by atoms with Crippen molar-refractivity contribution in [3.05, 3.63) is 46.2 Å². The van der Waals surface area contributed by atoms with Crippen LogP contribution in [0.2, 0.25) is 0 Å². The number of halogens is 1. The lowest BCUT2D eigenvalue weighted by atomic mass is 10.1. The van der Waals surface area contributed by atoms with Crippen LogP contribution in [0.1, 0.15) is 17.3 Å². The van der Waals surface area contributed by atoms with Gasteiger partial charge in [-0.3, -0.25) is 4.68 Å². The van der Waals surface area contributed by atoms with Gasteiger partial charge in [0.15, 0.2) is 0 Å². The highest BCUT2D eigenvalue weighted by Crippen LogP contribution is 2.26. The molecule has 4 nitrogen and oxygen atoms in total. The Morgan fingerprint density at radius 1 is 1.44 bits per heavy atom. The minimum atomic E-state index is -0.405. The smallest absolute Gasteiger partial charge is 0.143 e. The molecule has 1 atom stereocenters. The molecule has 1 aromatic heterocycles. The van der Waals surface area contributed by atoms with E-state index in [1.807, 2.05) is 44.4 Å². The minimum absolute atomic E-state index is 0.405. The van der Waals surface area contributed by atoms with E-state index in [0.717, 1.165) is 21.4 Å². The summed E-state index contributed by atoms with van der Waals surface area (Å²) in [5.41, 5.74) is 2.66. The summed E-state index contributed by atoms with van der Waals surface area (Å²) in [5.74, 6) is 0. The first-order valence-corrected chi connectivity index (χ1v) is 6.32. The number of nitriles is 1. The standard InChI is InChI=1S/C13H13BrN4/c1-9-10(8-18(2)17-9)13(7-15)16-12-6-4-3-5-11(12)14/h3-6,8,13,16H,1-2H3. The molecular formula is C13H13BrN4. The molecule has 0 aliphatic heterocycles. The van der Waals surface area contributed by atoms with Crippen LogP contribution in [-0.4, -0.2) is 9.78 Å². The van der Waals surface area contributed by atoms with Crippen molar-refractivity contribution < 1.29 is 0 Å². The number of aromatic nitrogens is 2. The Bertz CT molecular complexity index is 597. The maximum atomic E-state index is 9.30. The van der Waals surface area contributed by atoms with Gasteiger partial charge in [0.2, 0.25) is 0 Å². The molecule has 0 spiro atoms. The van der Waals surface area contributed by atoms with Gasteiger partial charge in [0.1, 0.15) is 6.04 Å². The normalized spacial score (nSPS) is 11.9. The Morgan fingerprint density at radius 3 is 2.72 bits per heavy atom. The average Bonchev–Trinajstić information content (AvgIpc) is 2.67. The fourth-order valence-electron chi connectivity index (χ4n) is 1.81. The summed E-state index contributed by atoms with van der Waals surface area (Å²) in [7, 11) is 1.85. The van der Waals surface area contributed by atoms with Crippen LogP contribution >= 0.6 is 15.9 Å². The van der Waals surface area contributed by atoms with Crippen LogP contribution in [0.5, 0.6) is 0 Å². The second-order valence-electron chi connectivity index (χ2n) is 4.03. The molecule has 1 aromatic carbocycles. The largest absolute Gasteiger partial charge is 0.365 e. The first kappa shape index (κ1) is 12.7. The quantitative estimate of drug-likeness (QED) is 0.947. The highest BCUT2D eigenvalue weighted by Gasteiger charge is 2.16. The summed E-state index contributed by atoms with van der Waals surface area (Å²) in [4.78, 5) is 0. The maximum Gasteiger partial charge on any atom is 0.143 e. The van der Waals surface area contributed by atoms with Gasteiger partial charge in [-0.2, -0.15) is 10.4 Å². The molecule has 0 saturated heterocycles. The van der Waals surface area contributed by atoms with Crippen LogP contribution in [0.25, 0.3) is 0 Å². The molecule has 0 aliphatic rings. The van der Waals surface area contributed by atoms with E-state index in [4.69, 9.17) is 0 Å². The molecule has 0 fully saturated rings. The molecule has 0 bridgehead atoms. The molecular weight excluding hydrogens is 292 g/mol. The summed E-state index contributed by atoms with van der Waals surface area (Å²) in [6, 6.07) is 9.59. The molecule has 92 valence electrons. The number of benzene rings is 1. The third-order valence-electron chi connectivity index (χ3n) is 2.67. The molecule has 2 rings (SSSR count). The van der Waals surface area contributed by atoms with Gasteiger partial charge in [-0.25, -0.2) is 0 Å². The van der Waals surface area contributed by atoms with E-state index in [1.54, 1.807) is 4.68 Å². The van der Waals surface area contributed by atoms with E-state index in [2.05, 4.69) is 32.4 Å². The Labute approximate surface area is 114 Å². The van der Waals surface area contributed by atoms with Gasteiger partial charge in [0, 0.05) is 29.0 Å². The number of hydrogen-bond acceptors (Lipinski definition) is 3. The molecule has 5 heteroatoms. The van der Waals surface area contributed by atoms with Crippen LogP contribution in [0.15, 0.2) is 34.9 Å². The maximum absolute atomic E-state index is 9.30. The summed E-state index contributed by atoms with van der Waals surface area (Å²) in [6.07, 6.45) is 1.87. The first-order chi connectivity index (χ1) is 8.61. The molecule has 0 aliphatic carbocycles. The van der Waals surface area contributed by atoms with Crippen molar-refractivity contribution in [3.8, 4) is 6.07 Å². The Kier molecular flexibility index (Phi) is 3.68. The van der Waals surface area contributed by atoms with Crippen molar-refractivity contribution in [2.45, 2.75) is 13.0 Å². The lowest BCUT2D eigenvalue weighted by Gasteiger charge is -2.13. The molecule has 1 heterocycles. The third kappa shape index (κ3) is 2.54. The van der Waals surface area contributed by atoms with E-state index in [9.17, 15) is 5.26 Å². The molecule has 0 saturated carbocycles.